The van der Waals surface area contributed by atoms with Crippen LogP contribution >= 0.6 is 7.82 Å². The van der Waals surface area contributed by atoms with Gasteiger partial charge in [0, 0.05) is 0 Å². The maximum atomic E-state index is 12.5. The molecule has 0 aliphatic heterocycles. The van der Waals surface area contributed by atoms with Crippen molar-refractivity contribution in [3.05, 3.63) is 12.2 Å². The van der Waals surface area contributed by atoms with Gasteiger partial charge in [0.1, 0.15) is 0 Å². The minimum absolute atomic E-state index is 0.214. The number of hydrogen-bond acceptors (Lipinski definition) is 6. The summed E-state index contributed by atoms with van der Waals surface area (Å²) in [6.45, 7) is 5.85. The van der Waals surface area contributed by atoms with Crippen molar-refractivity contribution < 1.29 is 28.3 Å². The summed E-state index contributed by atoms with van der Waals surface area (Å²) in [5.74, 6) is 0. The van der Waals surface area contributed by atoms with Crippen molar-refractivity contribution in [1.82, 2.24) is 0 Å². The summed E-state index contributed by atoms with van der Waals surface area (Å²) < 4.78 is 27.8. The third-order valence-corrected chi connectivity index (χ3v) is 6.61. The molecule has 0 rings (SSSR count). The SMILES string of the molecule is CCCCCCCC/C=C\CCCCCCCCOP(=O)(OC(O)CC)OC(O)CC. The largest absolute Gasteiger partial charge is 0.479 e. The summed E-state index contributed by atoms with van der Waals surface area (Å²) in [6.07, 6.45) is 19.6. The van der Waals surface area contributed by atoms with Crippen LogP contribution in [0.25, 0.3) is 0 Å². The highest BCUT2D eigenvalue weighted by Crippen LogP contribution is 2.51. The number of allylic oxidation sites excluding steroid dienone is 2. The van der Waals surface area contributed by atoms with Crippen molar-refractivity contribution in [3.8, 4) is 0 Å². The van der Waals surface area contributed by atoms with Crippen molar-refractivity contribution in [3.63, 3.8) is 0 Å². The van der Waals surface area contributed by atoms with Crippen molar-refractivity contribution in [2.24, 2.45) is 0 Å². The predicted octanol–water partition coefficient (Wildman–Crippen LogP) is 7.64. The highest BCUT2D eigenvalue weighted by Gasteiger charge is 2.32. The summed E-state index contributed by atoms with van der Waals surface area (Å²) >= 11 is 0. The maximum Gasteiger partial charge on any atom is 0.479 e. The van der Waals surface area contributed by atoms with Crippen LogP contribution in [0.2, 0.25) is 0 Å². The molecule has 0 bridgehead atoms. The molecule has 7 heteroatoms. The van der Waals surface area contributed by atoms with E-state index in [1.807, 2.05) is 0 Å². The number of unbranched alkanes of at least 4 members (excludes halogenated alkanes) is 12. The Morgan fingerprint density at radius 3 is 1.55 bits per heavy atom. The van der Waals surface area contributed by atoms with Crippen LogP contribution in [0, 0.1) is 0 Å². The molecule has 2 atom stereocenters. The number of rotatable bonds is 23. The molecule has 0 aromatic carbocycles. The molecule has 0 heterocycles. The molecule has 0 radical (unpaired) electrons. The van der Waals surface area contributed by atoms with Crippen LogP contribution in [0.4, 0.5) is 0 Å². The number of phosphoric acid groups is 1. The Hall–Kier alpha value is -0.230. The first-order chi connectivity index (χ1) is 15.0. The first-order valence-corrected chi connectivity index (χ1v) is 14.1. The van der Waals surface area contributed by atoms with Crippen LogP contribution in [0.1, 0.15) is 124 Å². The second-order valence-corrected chi connectivity index (χ2v) is 9.73. The van der Waals surface area contributed by atoms with Crippen LogP contribution < -0.4 is 0 Å². The summed E-state index contributed by atoms with van der Waals surface area (Å²) in [7, 11) is -3.96. The monoisotopic (exact) mass is 464 g/mol. The van der Waals surface area contributed by atoms with Crippen LogP contribution in [0.5, 0.6) is 0 Å². The van der Waals surface area contributed by atoms with Gasteiger partial charge in [0.2, 0.25) is 0 Å². The minimum Gasteiger partial charge on any atom is -0.367 e. The van der Waals surface area contributed by atoms with Crippen LogP contribution in [-0.2, 0) is 18.1 Å². The molecular formula is C24H49O6P. The van der Waals surface area contributed by atoms with Crippen LogP contribution in [-0.4, -0.2) is 29.4 Å². The van der Waals surface area contributed by atoms with Gasteiger partial charge in [0.15, 0.2) is 12.6 Å². The number of phosphoric ester groups is 1. The Morgan fingerprint density at radius 2 is 1.10 bits per heavy atom. The van der Waals surface area contributed by atoms with Crippen molar-refractivity contribution in [2.75, 3.05) is 6.61 Å². The van der Waals surface area contributed by atoms with E-state index in [0.717, 1.165) is 25.7 Å². The molecule has 0 aliphatic carbocycles. The van der Waals surface area contributed by atoms with E-state index in [2.05, 4.69) is 19.1 Å². The molecule has 0 aliphatic rings. The first-order valence-electron chi connectivity index (χ1n) is 12.6. The molecule has 2 unspecified atom stereocenters. The lowest BCUT2D eigenvalue weighted by Gasteiger charge is -2.22. The van der Waals surface area contributed by atoms with Gasteiger partial charge in [-0.2, -0.15) is 0 Å². The Bertz CT molecular complexity index is 441. The smallest absolute Gasteiger partial charge is 0.367 e. The van der Waals surface area contributed by atoms with Gasteiger partial charge < -0.3 is 10.2 Å². The molecule has 0 saturated heterocycles. The lowest BCUT2D eigenvalue weighted by atomic mass is 10.1. The zero-order valence-corrected chi connectivity index (χ0v) is 21.2. The van der Waals surface area contributed by atoms with Crippen LogP contribution in [0.15, 0.2) is 12.2 Å². The van der Waals surface area contributed by atoms with Gasteiger partial charge in [-0.25, -0.2) is 4.57 Å². The van der Waals surface area contributed by atoms with E-state index < -0.39 is 20.4 Å². The molecule has 6 nitrogen and oxygen atoms in total. The highest BCUT2D eigenvalue weighted by molar-refractivity contribution is 7.48. The fourth-order valence-corrected chi connectivity index (χ4v) is 4.48. The van der Waals surface area contributed by atoms with E-state index >= 15 is 0 Å². The fraction of sp³-hybridized carbons (Fsp3) is 0.917. The van der Waals surface area contributed by atoms with Gasteiger partial charge >= 0.3 is 7.82 Å². The normalized spacial score (nSPS) is 15.9. The van der Waals surface area contributed by atoms with Crippen molar-refractivity contribution in [2.45, 2.75) is 136 Å². The van der Waals surface area contributed by atoms with E-state index in [0.29, 0.717) is 0 Å². The molecule has 0 fully saturated rings. The molecule has 0 amide bonds. The van der Waals surface area contributed by atoms with Crippen molar-refractivity contribution in [1.29, 1.82) is 0 Å². The Labute approximate surface area is 191 Å². The Morgan fingerprint density at radius 1 is 0.677 bits per heavy atom. The van der Waals surface area contributed by atoms with E-state index in [-0.39, 0.29) is 19.4 Å². The topological polar surface area (TPSA) is 85.2 Å². The molecular weight excluding hydrogens is 415 g/mol. The average Bonchev–Trinajstić information content (AvgIpc) is 2.75. The second-order valence-electron chi connectivity index (χ2n) is 8.15. The van der Waals surface area contributed by atoms with Gasteiger partial charge in [0.05, 0.1) is 6.61 Å². The van der Waals surface area contributed by atoms with E-state index in [9.17, 15) is 14.8 Å². The number of aliphatic hydroxyl groups is 2. The lowest BCUT2D eigenvalue weighted by molar-refractivity contribution is -0.0903. The van der Waals surface area contributed by atoms with E-state index in [4.69, 9.17) is 13.6 Å². The zero-order chi connectivity index (χ0) is 23.2. The number of hydrogen-bond donors (Lipinski definition) is 2. The minimum atomic E-state index is -3.96. The zero-order valence-electron chi connectivity index (χ0n) is 20.3. The highest BCUT2D eigenvalue weighted by atomic mass is 31.2. The van der Waals surface area contributed by atoms with Crippen molar-refractivity contribution >= 4 is 7.82 Å². The van der Waals surface area contributed by atoms with Gasteiger partial charge in [0.25, 0.3) is 0 Å². The predicted molar refractivity (Wildman–Crippen MR) is 128 cm³/mol. The molecule has 31 heavy (non-hydrogen) atoms. The van der Waals surface area contributed by atoms with Gasteiger partial charge in [-0.15, -0.1) is 0 Å². The van der Waals surface area contributed by atoms with Gasteiger partial charge in [-0.3, -0.25) is 13.6 Å². The Kier molecular flexibility index (Phi) is 21.4. The standard InChI is InChI=1S/C24H49O6P/c1-4-7-8-9-10-11-12-13-14-15-16-17-18-19-20-21-22-28-31(27,29-23(25)5-2)30-24(26)6-3/h13-14,23-26H,4-12,15-22H2,1-3H3/b14-13-. The fourth-order valence-electron chi connectivity index (χ4n) is 3.06. The van der Waals surface area contributed by atoms with E-state index in [1.54, 1.807) is 13.8 Å². The second kappa shape index (κ2) is 21.6. The van der Waals surface area contributed by atoms with Gasteiger partial charge in [-0.1, -0.05) is 90.7 Å². The molecule has 186 valence electrons. The lowest BCUT2D eigenvalue weighted by Crippen LogP contribution is -2.16. The summed E-state index contributed by atoms with van der Waals surface area (Å²) in [6, 6.07) is 0. The number of aliphatic hydroxyl groups excluding tert-OH is 2. The Balaban J connectivity index is 3.67. The first kappa shape index (κ1) is 30.8. The quantitative estimate of drug-likeness (QED) is 0.0699. The molecule has 2 N–H and O–H groups in total. The molecule has 0 saturated carbocycles. The molecule has 0 spiro atoms. The summed E-state index contributed by atoms with van der Waals surface area (Å²) in [4.78, 5) is 0. The third-order valence-electron chi connectivity index (χ3n) is 5.11. The third kappa shape index (κ3) is 20.1. The molecule has 0 aromatic rings. The maximum absolute atomic E-state index is 12.5. The summed E-state index contributed by atoms with van der Waals surface area (Å²) in [5, 5.41) is 19.2. The molecule has 0 aromatic heterocycles. The van der Waals surface area contributed by atoms with Crippen LogP contribution in [0.3, 0.4) is 0 Å². The van der Waals surface area contributed by atoms with Gasteiger partial charge in [-0.05, 0) is 44.9 Å². The average molecular weight is 465 g/mol. The summed E-state index contributed by atoms with van der Waals surface area (Å²) in [5.41, 5.74) is 0. The van der Waals surface area contributed by atoms with E-state index in [1.165, 1.54) is 64.2 Å².